The maximum absolute atomic E-state index is 12.8. The highest BCUT2D eigenvalue weighted by atomic mass is 35.5. The molecular formula is C15H12ClF3N4S. The molecular weight excluding hydrogens is 361 g/mol. The SMILES string of the molecule is CCSc1cnc(Cl)cc1-c1nc2cc(C(F)(F)F)ncc2n1C. The number of nitrogens with zero attached hydrogens (tertiary/aromatic N) is 4. The van der Waals surface area contributed by atoms with Crippen molar-refractivity contribution in [2.75, 3.05) is 5.75 Å². The molecule has 3 rings (SSSR count). The highest BCUT2D eigenvalue weighted by molar-refractivity contribution is 7.99. The van der Waals surface area contributed by atoms with E-state index in [1.807, 2.05) is 6.92 Å². The second-order valence-corrected chi connectivity index (χ2v) is 6.68. The number of halogens is 4. The van der Waals surface area contributed by atoms with Crippen LogP contribution in [0.4, 0.5) is 13.2 Å². The van der Waals surface area contributed by atoms with Gasteiger partial charge in [-0.05, 0) is 17.9 Å². The van der Waals surface area contributed by atoms with Crippen molar-refractivity contribution in [3.05, 3.63) is 35.4 Å². The Bertz CT molecular complexity index is 908. The lowest BCUT2D eigenvalue weighted by atomic mass is 10.2. The molecule has 0 aromatic carbocycles. The van der Waals surface area contributed by atoms with Gasteiger partial charge in [0.05, 0.1) is 17.2 Å². The third kappa shape index (κ3) is 3.08. The van der Waals surface area contributed by atoms with Gasteiger partial charge in [0.2, 0.25) is 0 Å². The molecule has 4 nitrogen and oxygen atoms in total. The van der Waals surface area contributed by atoms with Crippen molar-refractivity contribution < 1.29 is 13.2 Å². The summed E-state index contributed by atoms with van der Waals surface area (Å²) in [5, 5.41) is 0.298. The summed E-state index contributed by atoms with van der Waals surface area (Å²) in [7, 11) is 1.73. The molecule has 0 atom stereocenters. The number of alkyl halides is 3. The molecule has 0 N–H and O–H groups in total. The third-order valence-corrected chi connectivity index (χ3v) is 4.56. The van der Waals surface area contributed by atoms with Crippen molar-refractivity contribution in [2.24, 2.45) is 7.05 Å². The monoisotopic (exact) mass is 372 g/mol. The summed E-state index contributed by atoms with van der Waals surface area (Å²) in [6.45, 7) is 2.00. The van der Waals surface area contributed by atoms with Gasteiger partial charge in [-0.2, -0.15) is 13.2 Å². The van der Waals surface area contributed by atoms with Gasteiger partial charge in [0.1, 0.15) is 16.7 Å². The predicted octanol–water partition coefficient (Wildman–Crippen LogP) is 4.81. The molecule has 3 aromatic rings. The highest BCUT2D eigenvalue weighted by Gasteiger charge is 2.33. The van der Waals surface area contributed by atoms with E-state index in [0.29, 0.717) is 16.5 Å². The van der Waals surface area contributed by atoms with Crippen LogP contribution in [0.5, 0.6) is 0 Å². The summed E-state index contributed by atoms with van der Waals surface area (Å²) in [5.41, 5.74) is 0.512. The molecule has 126 valence electrons. The Kier molecular flexibility index (Phi) is 4.44. The fraction of sp³-hybridized carbons (Fsp3) is 0.267. The lowest BCUT2D eigenvalue weighted by Crippen LogP contribution is -2.07. The minimum atomic E-state index is -4.50. The molecule has 0 saturated heterocycles. The van der Waals surface area contributed by atoms with E-state index in [9.17, 15) is 13.2 Å². The van der Waals surface area contributed by atoms with Crippen molar-refractivity contribution in [3.8, 4) is 11.4 Å². The van der Waals surface area contributed by atoms with Crippen LogP contribution in [0.25, 0.3) is 22.4 Å². The molecule has 0 radical (unpaired) electrons. The van der Waals surface area contributed by atoms with Gasteiger partial charge in [-0.3, -0.25) is 0 Å². The first-order valence-corrected chi connectivity index (χ1v) is 8.36. The van der Waals surface area contributed by atoms with Gasteiger partial charge in [-0.25, -0.2) is 15.0 Å². The van der Waals surface area contributed by atoms with Gasteiger partial charge in [0.15, 0.2) is 0 Å². The van der Waals surface area contributed by atoms with Crippen LogP contribution in [-0.2, 0) is 13.2 Å². The predicted molar refractivity (Wildman–Crippen MR) is 88.2 cm³/mol. The fourth-order valence-corrected chi connectivity index (χ4v) is 3.25. The smallest absolute Gasteiger partial charge is 0.326 e. The molecule has 0 bridgehead atoms. The highest BCUT2D eigenvalue weighted by Crippen LogP contribution is 2.35. The standard InChI is InChI=1S/C15H12ClF3N4S/c1-3-24-11-7-21-13(16)4-8(11)14-22-9-5-12(15(17,18)19)20-6-10(9)23(14)2/h4-7H,3H2,1-2H3. The Labute approximate surface area is 145 Å². The molecule has 0 spiro atoms. The zero-order valence-corrected chi connectivity index (χ0v) is 14.3. The maximum atomic E-state index is 12.8. The minimum absolute atomic E-state index is 0.232. The van der Waals surface area contributed by atoms with Crippen LogP contribution in [0, 0.1) is 0 Å². The number of pyridine rings is 2. The van der Waals surface area contributed by atoms with E-state index < -0.39 is 11.9 Å². The number of hydrogen-bond donors (Lipinski definition) is 0. The normalized spacial score (nSPS) is 12.1. The first kappa shape index (κ1) is 17.0. The van der Waals surface area contributed by atoms with Gasteiger partial charge < -0.3 is 4.57 Å². The van der Waals surface area contributed by atoms with E-state index in [1.165, 1.54) is 6.20 Å². The molecule has 0 aliphatic rings. The topological polar surface area (TPSA) is 43.6 Å². The molecule has 3 aromatic heterocycles. The summed E-state index contributed by atoms with van der Waals surface area (Å²) in [6, 6.07) is 2.62. The fourth-order valence-electron chi connectivity index (χ4n) is 2.35. The van der Waals surface area contributed by atoms with Gasteiger partial charge in [0, 0.05) is 23.7 Å². The second kappa shape index (κ2) is 6.25. The van der Waals surface area contributed by atoms with Crippen molar-refractivity contribution in [1.82, 2.24) is 19.5 Å². The van der Waals surface area contributed by atoms with E-state index >= 15 is 0 Å². The minimum Gasteiger partial charge on any atom is -0.326 e. The number of rotatable bonds is 3. The van der Waals surface area contributed by atoms with Crippen LogP contribution < -0.4 is 0 Å². The average Bonchev–Trinajstić information content (AvgIpc) is 2.85. The van der Waals surface area contributed by atoms with E-state index in [0.717, 1.165) is 22.3 Å². The lowest BCUT2D eigenvalue weighted by molar-refractivity contribution is -0.141. The Morgan fingerprint density at radius 2 is 1.96 bits per heavy atom. The summed E-state index contributed by atoms with van der Waals surface area (Å²) in [4.78, 5) is 12.8. The summed E-state index contributed by atoms with van der Waals surface area (Å²) >= 11 is 7.55. The molecule has 0 saturated carbocycles. The first-order chi connectivity index (χ1) is 11.3. The Hall–Kier alpha value is -1.80. The Morgan fingerprint density at radius 1 is 1.21 bits per heavy atom. The van der Waals surface area contributed by atoms with Crippen molar-refractivity contribution in [1.29, 1.82) is 0 Å². The van der Waals surface area contributed by atoms with Crippen LogP contribution in [0.2, 0.25) is 5.15 Å². The number of aryl methyl sites for hydroxylation is 1. The first-order valence-electron chi connectivity index (χ1n) is 6.99. The summed E-state index contributed by atoms with van der Waals surface area (Å²) in [5.74, 6) is 1.34. The van der Waals surface area contributed by atoms with Crippen molar-refractivity contribution >= 4 is 34.4 Å². The summed E-state index contributed by atoms with van der Waals surface area (Å²) in [6.07, 6.45) is -1.68. The van der Waals surface area contributed by atoms with Gasteiger partial charge in [-0.15, -0.1) is 11.8 Å². The lowest BCUT2D eigenvalue weighted by Gasteiger charge is -2.08. The Morgan fingerprint density at radius 3 is 2.62 bits per heavy atom. The third-order valence-electron chi connectivity index (χ3n) is 3.43. The van der Waals surface area contributed by atoms with Crippen molar-refractivity contribution in [3.63, 3.8) is 0 Å². The zero-order chi connectivity index (χ0) is 17.5. The molecule has 3 heterocycles. The largest absolute Gasteiger partial charge is 0.433 e. The number of aromatic nitrogens is 4. The van der Waals surface area contributed by atoms with E-state index in [2.05, 4.69) is 15.0 Å². The van der Waals surface area contributed by atoms with Gasteiger partial charge in [0.25, 0.3) is 0 Å². The van der Waals surface area contributed by atoms with Crippen LogP contribution >= 0.6 is 23.4 Å². The van der Waals surface area contributed by atoms with Gasteiger partial charge >= 0.3 is 6.18 Å². The average molecular weight is 373 g/mol. The molecule has 24 heavy (non-hydrogen) atoms. The number of fused-ring (bicyclic) bond motifs is 1. The van der Waals surface area contributed by atoms with Crippen LogP contribution in [0.3, 0.4) is 0 Å². The Balaban J connectivity index is 2.21. The van der Waals surface area contributed by atoms with Gasteiger partial charge in [-0.1, -0.05) is 18.5 Å². The number of hydrogen-bond acceptors (Lipinski definition) is 4. The number of imidazole rings is 1. The van der Waals surface area contributed by atoms with E-state index in [-0.39, 0.29) is 5.52 Å². The van der Waals surface area contributed by atoms with E-state index in [1.54, 1.807) is 35.6 Å². The second-order valence-electron chi connectivity index (χ2n) is 4.99. The van der Waals surface area contributed by atoms with E-state index in [4.69, 9.17) is 11.6 Å². The van der Waals surface area contributed by atoms with Crippen LogP contribution in [-0.4, -0.2) is 25.3 Å². The quantitative estimate of drug-likeness (QED) is 0.488. The van der Waals surface area contributed by atoms with Crippen LogP contribution in [0.15, 0.2) is 29.4 Å². The maximum Gasteiger partial charge on any atom is 0.433 e. The molecule has 0 aliphatic heterocycles. The molecule has 0 aliphatic carbocycles. The zero-order valence-electron chi connectivity index (χ0n) is 12.7. The molecule has 0 amide bonds. The van der Waals surface area contributed by atoms with Crippen molar-refractivity contribution in [2.45, 2.75) is 18.0 Å². The molecule has 0 fully saturated rings. The summed E-state index contributed by atoms with van der Waals surface area (Å²) < 4.78 is 40.2. The molecule has 9 heteroatoms. The van der Waals surface area contributed by atoms with Crippen LogP contribution in [0.1, 0.15) is 12.6 Å². The molecule has 0 unspecified atom stereocenters. The number of thioether (sulfide) groups is 1.